The van der Waals surface area contributed by atoms with Crippen molar-refractivity contribution in [3.05, 3.63) is 0 Å². The maximum atomic E-state index is 10.6. The summed E-state index contributed by atoms with van der Waals surface area (Å²) >= 11 is 0. The van der Waals surface area contributed by atoms with Crippen LogP contribution >= 0.6 is 0 Å². The van der Waals surface area contributed by atoms with E-state index in [9.17, 15) is 9.59 Å². The van der Waals surface area contributed by atoms with Gasteiger partial charge in [0.2, 0.25) is 0 Å². The number of esters is 2. The Hall–Kier alpha value is -0.261. The number of hydrogen-bond donors (Lipinski definition) is 0. The third kappa shape index (κ3) is 9.65. The van der Waals surface area contributed by atoms with E-state index in [1.807, 2.05) is 0 Å². The van der Waals surface area contributed by atoms with Crippen molar-refractivity contribution in [1.29, 1.82) is 0 Å². The van der Waals surface area contributed by atoms with Crippen LogP contribution in [0.5, 0.6) is 0 Å². The predicted molar refractivity (Wildman–Crippen MR) is 53.8 cm³/mol. The zero-order valence-corrected chi connectivity index (χ0v) is 7.46. The van der Waals surface area contributed by atoms with Crippen molar-refractivity contribution < 1.29 is 19.1 Å². The number of rotatable bonds is 5. The molecule has 0 aromatic rings. The molecule has 0 fully saturated rings. The molecule has 4 nitrogen and oxygen atoms in total. The van der Waals surface area contributed by atoms with E-state index >= 15 is 0 Å². The van der Waals surface area contributed by atoms with Crippen molar-refractivity contribution in [3.8, 4) is 0 Å². The van der Waals surface area contributed by atoms with Gasteiger partial charge in [-0.1, -0.05) is 0 Å². The topological polar surface area (TPSA) is 52.6 Å². The number of carbonyl (C=O) groups excluding carboxylic acids is 2. The molecule has 13 heavy (non-hydrogen) atoms. The van der Waals surface area contributed by atoms with Crippen LogP contribution in [-0.2, 0) is 19.1 Å². The van der Waals surface area contributed by atoms with Gasteiger partial charge in [-0.25, -0.2) is 0 Å². The Morgan fingerprint density at radius 2 is 1.23 bits per heavy atom. The third-order valence-corrected chi connectivity index (χ3v) is 1.47. The van der Waals surface area contributed by atoms with Gasteiger partial charge in [0.15, 0.2) is 0 Å². The van der Waals surface area contributed by atoms with Gasteiger partial charge in [-0.3, -0.25) is 9.59 Å². The van der Waals surface area contributed by atoms with Crippen molar-refractivity contribution in [1.82, 2.24) is 0 Å². The third-order valence-electron chi connectivity index (χ3n) is 1.47. The van der Waals surface area contributed by atoms with E-state index in [4.69, 9.17) is 0 Å². The average molecular weight is 297 g/mol. The van der Waals surface area contributed by atoms with Crippen LogP contribution in [0.4, 0.5) is 0 Å². The van der Waals surface area contributed by atoms with Gasteiger partial charge in [-0.15, -0.1) is 0 Å². The van der Waals surface area contributed by atoms with Crippen LogP contribution in [0, 0.1) is 0 Å². The SMILES string of the molecule is COC(=O)CCCCC(=O)OC.[SnH4]. The van der Waals surface area contributed by atoms with Gasteiger partial charge in [0.05, 0.1) is 14.2 Å². The van der Waals surface area contributed by atoms with Crippen LogP contribution < -0.4 is 0 Å². The van der Waals surface area contributed by atoms with Crippen molar-refractivity contribution in [3.63, 3.8) is 0 Å². The molecule has 0 amide bonds. The Morgan fingerprint density at radius 1 is 0.923 bits per heavy atom. The molecule has 0 N–H and O–H groups in total. The fourth-order valence-corrected chi connectivity index (χ4v) is 0.743. The monoisotopic (exact) mass is 298 g/mol. The normalized spacial score (nSPS) is 8.46. The Morgan fingerprint density at radius 3 is 1.46 bits per heavy atom. The van der Waals surface area contributed by atoms with Crippen LogP contribution in [0.1, 0.15) is 25.7 Å². The Labute approximate surface area is 94.9 Å². The number of hydrogen-bond acceptors (Lipinski definition) is 4. The minimum absolute atomic E-state index is 0. The predicted octanol–water partition coefficient (Wildman–Crippen LogP) is -0.559. The molecule has 0 aromatic carbocycles. The molecule has 0 heterocycles. The van der Waals surface area contributed by atoms with Crippen molar-refractivity contribution >= 4 is 35.8 Å². The van der Waals surface area contributed by atoms with Gasteiger partial charge >= 0.3 is 35.8 Å². The average Bonchev–Trinajstić information content (AvgIpc) is 2.11. The van der Waals surface area contributed by atoms with Crippen molar-refractivity contribution in [2.45, 2.75) is 25.7 Å². The van der Waals surface area contributed by atoms with Crippen LogP contribution in [0.25, 0.3) is 0 Å². The molecule has 0 saturated carbocycles. The summed E-state index contributed by atoms with van der Waals surface area (Å²) < 4.78 is 8.86. The van der Waals surface area contributed by atoms with Gasteiger partial charge in [-0.05, 0) is 12.8 Å². The molecule has 0 radical (unpaired) electrons. The molecule has 0 rings (SSSR count). The summed E-state index contributed by atoms with van der Waals surface area (Å²) in [6, 6.07) is 0. The van der Waals surface area contributed by atoms with E-state index in [2.05, 4.69) is 9.47 Å². The van der Waals surface area contributed by atoms with Gasteiger partial charge in [0.25, 0.3) is 0 Å². The zero-order valence-electron chi connectivity index (χ0n) is 7.46. The van der Waals surface area contributed by atoms with E-state index in [0.717, 1.165) is 0 Å². The van der Waals surface area contributed by atoms with Crippen LogP contribution in [0.15, 0.2) is 0 Å². The number of carbonyl (C=O) groups is 2. The molecule has 0 aliphatic carbocycles. The fraction of sp³-hybridized carbons (Fsp3) is 0.750. The van der Waals surface area contributed by atoms with Crippen LogP contribution in [0.3, 0.4) is 0 Å². The fourth-order valence-electron chi connectivity index (χ4n) is 0.743. The Kier molecular flexibility index (Phi) is 11.5. The first-order valence-corrected chi connectivity index (χ1v) is 3.84. The Bertz CT molecular complexity index is 140. The first-order chi connectivity index (χ1) is 5.70. The molecule has 5 heteroatoms. The zero-order chi connectivity index (χ0) is 9.40. The number of methoxy groups -OCH3 is 2. The van der Waals surface area contributed by atoms with E-state index in [0.29, 0.717) is 25.7 Å². The molecule has 0 unspecified atom stereocenters. The number of ether oxygens (including phenoxy) is 2. The van der Waals surface area contributed by atoms with Crippen molar-refractivity contribution in [2.75, 3.05) is 14.2 Å². The summed E-state index contributed by atoms with van der Waals surface area (Å²) in [5, 5.41) is 0. The first-order valence-electron chi connectivity index (χ1n) is 3.84. The number of unbranched alkanes of at least 4 members (excludes halogenated alkanes) is 1. The van der Waals surface area contributed by atoms with E-state index in [1.54, 1.807) is 0 Å². The second-order valence-corrected chi connectivity index (χ2v) is 2.36. The van der Waals surface area contributed by atoms with E-state index in [1.165, 1.54) is 14.2 Å². The van der Waals surface area contributed by atoms with Crippen LogP contribution in [-0.4, -0.2) is 50.1 Å². The maximum absolute atomic E-state index is 10.6. The molecule has 0 atom stereocenters. The molecular formula is C8H18O4Sn. The quantitative estimate of drug-likeness (QED) is 0.388. The van der Waals surface area contributed by atoms with E-state index in [-0.39, 0.29) is 35.8 Å². The summed E-state index contributed by atoms with van der Waals surface area (Å²) in [5.74, 6) is -0.472. The van der Waals surface area contributed by atoms with Gasteiger partial charge in [0.1, 0.15) is 0 Å². The summed E-state index contributed by atoms with van der Waals surface area (Å²) in [4.78, 5) is 21.2. The molecule has 0 saturated heterocycles. The summed E-state index contributed by atoms with van der Waals surface area (Å²) in [5.41, 5.74) is 0. The molecule has 0 spiro atoms. The molecule has 0 aliphatic heterocycles. The second kappa shape index (κ2) is 9.82. The van der Waals surface area contributed by atoms with Gasteiger partial charge < -0.3 is 9.47 Å². The first kappa shape index (κ1) is 15.2. The minimum atomic E-state index is -0.236. The van der Waals surface area contributed by atoms with Crippen LogP contribution in [0.2, 0.25) is 0 Å². The molecule has 0 aromatic heterocycles. The Balaban J connectivity index is 0. The van der Waals surface area contributed by atoms with Gasteiger partial charge in [0, 0.05) is 12.8 Å². The standard InChI is InChI=1S/C8H14O4.Sn.4H/c1-11-7(9)5-3-4-6-8(10)12-2;;;;;/h3-6H2,1-2H3;;;;;. The van der Waals surface area contributed by atoms with Crippen molar-refractivity contribution in [2.24, 2.45) is 0 Å². The molecule has 78 valence electrons. The summed E-state index contributed by atoms with van der Waals surface area (Å²) in [7, 11) is 2.70. The molecule has 0 bridgehead atoms. The van der Waals surface area contributed by atoms with Gasteiger partial charge in [-0.2, -0.15) is 0 Å². The molecule has 0 aliphatic rings. The summed E-state index contributed by atoms with van der Waals surface area (Å²) in [6.45, 7) is 0. The van der Waals surface area contributed by atoms with E-state index < -0.39 is 0 Å². The summed E-state index contributed by atoms with van der Waals surface area (Å²) in [6.07, 6.45) is 2.07. The second-order valence-electron chi connectivity index (χ2n) is 2.36. The molecular weight excluding hydrogens is 279 g/mol.